The van der Waals surface area contributed by atoms with E-state index in [4.69, 9.17) is 0 Å². The third-order valence-electron chi connectivity index (χ3n) is 4.66. The maximum Gasteiger partial charge on any atom is 1.00 e. The molecular formula is C23H17N2NaO4S. The van der Waals surface area contributed by atoms with Crippen LogP contribution in [-0.4, -0.2) is 22.2 Å². The van der Waals surface area contributed by atoms with Crippen LogP contribution in [0.3, 0.4) is 0 Å². The maximum atomic E-state index is 12.3. The predicted octanol–water partition coefficient (Wildman–Crippen LogP) is 0.314. The number of fused-ring (bicyclic) bond motifs is 1. The number of aliphatic imine (C=N–C) groups is 1. The number of aryl methyl sites for hydroxylation is 1. The second kappa shape index (κ2) is 10.2. The zero-order valence-corrected chi connectivity index (χ0v) is 19.6. The van der Waals surface area contributed by atoms with E-state index in [1.54, 1.807) is 24.3 Å². The van der Waals surface area contributed by atoms with Gasteiger partial charge in [0.1, 0.15) is 5.75 Å². The van der Waals surface area contributed by atoms with Crippen molar-refractivity contribution in [3.63, 3.8) is 0 Å². The Balaban J connectivity index is 0.00000272. The second-order valence-corrected chi connectivity index (χ2v) is 7.78. The molecule has 3 aromatic carbocycles. The van der Waals surface area contributed by atoms with Crippen LogP contribution in [0, 0.1) is 0 Å². The van der Waals surface area contributed by atoms with Crippen molar-refractivity contribution < 1.29 is 49.4 Å². The number of amidine groups is 1. The molecule has 1 aliphatic heterocycles. The summed E-state index contributed by atoms with van der Waals surface area (Å²) in [4.78, 5) is 27.3. The van der Waals surface area contributed by atoms with E-state index in [1.165, 1.54) is 11.8 Å². The molecule has 6 nitrogen and oxygen atoms in total. The number of carboxylic acids is 1. The summed E-state index contributed by atoms with van der Waals surface area (Å²) in [6.45, 7) is 0. The number of anilines is 1. The molecule has 0 spiro atoms. The van der Waals surface area contributed by atoms with Crippen LogP contribution < -0.4 is 40.0 Å². The van der Waals surface area contributed by atoms with Gasteiger partial charge in [0, 0.05) is 22.6 Å². The van der Waals surface area contributed by atoms with E-state index in [1.807, 2.05) is 42.5 Å². The van der Waals surface area contributed by atoms with Crippen molar-refractivity contribution in [1.29, 1.82) is 0 Å². The van der Waals surface area contributed by atoms with Gasteiger partial charge in [-0.1, -0.05) is 48.5 Å². The van der Waals surface area contributed by atoms with Crippen molar-refractivity contribution in [1.82, 2.24) is 0 Å². The molecule has 0 radical (unpaired) electrons. The van der Waals surface area contributed by atoms with Crippen LogP contribution in [0.25, 0.3) is 16.8 Å². The SMILES string of the molecule is O=C([O-])CCc1ccc(NC2=NC(=O)C(=Cc3ccc4ccccc4c3O)S2)cc1.[Na+]. The summed E-state index contributed by atoms with van der Waals surface area (Å²) in [5.74, 6) is -1.33. The topological polar surface area (TPSA) is 102 Å². The van der Waals surface area contributed by atoms with Gasteiger partial charge in [0.25, 0.3) is 5.91 Å². The number of benzene rings is 3. The number of carboxylic acid groups (broad SMARTS) is 1. The van der Waals surface area contributed by atoms with Crippen LogP contribution in [0.1, 0.15) is 17.5 Å². The van der Waals surface area contributed by atoms with E-state index < -0.39 is 5.97 Å². The van der Waals surface area contributed by atoms with Gasteiger partial charge in [0.05, 0.1) is 4.91 Å². The molecule has 3 aromatic rings. The molecule has 2 N–H and O–H groups in total. The molecule has 31 heavy (non-hydrogen) atoms. The Kier molecular flexibility index (Phi) is 7.56. The van der Waals surface area contributed by atoms with Gasteiger partial charge in [0.15, 0.2) is 5.17 Å². The van der Waals surface area contributed by atoms with Crippen molar-refractivity contribution in [2.75, 3.05) is 5.32 Å². The monoisotopic (exact) mass is 440 g/mol. The summed E-state index contributed by atoms with van der Waals surface area (Å²) >= 11 is 1.19. The minimum Gasteiger partial charge on any atom is -0.550 e. The number of rotatable bonds is 5. The van der Waals surface area contributed by atoms with Gasteiger partial charge in [-0.2, -0.15) is 4.99 Å². The van der Waals surface area contributed by atoms with E-state index in [-0.39, 0.29) is 47.6 Å². The summed E-state index contributed by atoms with van der Waals surface area (Å²) < 4.78 is 0. The largest absolute Gasteiger partial charge is 1.00 e. The van der Waals surface area contributed by atoms with Crippen molar-refractivity contribution in [2.24, 2.45) is 4.99 Å². The Hall–Kier alpha value is -2.58. The first-order valence-corrected chi connectivity index (χ1v) is 10.1. The molecule has 1 amide bonds. The summed E-state index contributed by atoms with van der Waals surface area (Å²) in [6.07, 6.45) is 2.01. The van der Waals surface area contributed by atoms with Gasteiger partial charge < -0.3 is 20.3 Å². The standard InChI is InChI=1S/C23H18N2O4S.Na/c26-20(27)12-7-14-5-10-17(11-6-14)24-23-25-22(29)19(30-23)13-16-9-8-15-3-1-2-4-18(15)21(16)28;/h1-6,8-11,13,28H,7,12H2,(H,26,27)(H,24,25,29);/q;+1/p-1. The number of thioether (sulfide) groups is 1. The van der Waals surface area contributed by atoms with Crippen LogP contribution in [-0.2, 0) is 16.0 Å². The molecule has 0 aromatic heterocycles. The number of aliphatic carboxylic acids is 1. The number of nitrogens with zero attached hydrogens (tertiary/aromatic N) is 1. The summed E-state index contributed by atoms with van der Waals surface area (Å²) in [7, 11) is 0. The molecule has 0 atom stereocenters. The number of carbonyl (C=O) groups excluding carboxylic acids is 2. The van der Waals surface area contributed by atoms with Crippen molar-refractivity contribution in [3.8, 4) is 5.75 Å². The van der Waals surface area contributed by atoms with Crippen LogP contribution in [0.2, 0.25) is 0 Å². The van der Waals surface area contributed by atoms with Crippen LogP contribution in [0.4, 0.5) is 5.69 Å². The van der Waals surface area contributed by atoms with Crippen LogP contribution in [0.5, 0.6) is 5.75 Å². The minimum absolute atomic E-state index is 0. The van der Waals surface area contributed by atoms with E-state index in [0.717, 1.165) is 22.0 Å². The number of nitrogens with one attached hydrogen (secondary N) is 1. The van der Waals surface area contributed by atoms with E-state index >= 15 is 0 Å². The average molecular weight is 440 g/mol. The Morgan fingerprint density at radius 3 is 2.58 bits per heavy atom. The molecule has 4 rings (SSSR count). The first kappa shape index (κ1) is 23.1. The fourth-order valence-electron chi connectivity index (χ4n) is 3.12. The molecule has 0 bridgehead atoms. The zero-order chi connectivity index (χ0) is 21.1. The number of aromatic hydroxyl groups is 1. The summed E-state index contributed by atoms with van der Waals surface area (Å²) in [5.41, 5.74) is 2.17. The van der Waals surface area contributed by atoms with Crippen LogP contribution in [0.15, 0.2) is 70.6 Å². The van der Waals surface area contributed by atoms with Crippen molar-refractivity contribution >= 4 is 51.3 Å². The van der Waals surface area contributed by atoms with Gasteiger partial charge >= 0.3 is 29.6 Å². The molecule has 150 valence electrons. The Labute approximate surface area is 205 Å². The van der Waals surface area contributed by atoms with Gasteiger partial charge in [-0.05, 0) is 53.8 Å². The Morgan fingerprint density at radius 2 is 1.84 bits per heavy atom. The molecule has 0 fully saturated rings. The number of hydrogen-bond acceptors (Lipinski definition) is 6. The molecule has 0 unspecified atom stereocenters. The Morgan fingerprint density at radius 1 is 1.10 bits per heavy atom. The minimum atomic E-state index is -1.08. The zero-order valence-electron chi connectivity index (χ0n) is 16.8. The van der Waals surface area contributed by atoms with E-state index in [9.17, 15) is 19.8 Å². The number of carbonyl (C=O) groups is 2. The number of phenols is 1. The second-order valence-electron chi connectivity index (χ2n) is 6.75. The smallest absolute Gasteiger partial charge is 0.550 e. The number of hydrogen-bond donors (Lipinski definition) is 2. The van der Waals surface area contributed by atoms with Gasteiger partial charge in [-0.3, -0.25) is 4.79 Å². The Bertz CT molecular complexity index is 1210. The van der Waals surface area contributed by atoms with E-state index in [2.05, 4.69) is 10.3 Å². The number of amides is 1. The third-order valence-corrected chi connectivity index (χ3v) is 5.56. The first-order valence-electron chi connectivity index (χ1n) is 9.29. The normalized spacial score (nSPS) is 14.4. The molecule has 1 heterocycles. The van der Waals surface area contributed by atoms with Gasteiger partial charge in [-0.15, -0.1) is 0 Å². The molecule has 0 aliphatic carbocycles. The van der Waals surface area contributed by atoms with Crippen LogP contribution >= 0.6 is 11.8 Å². The maximum absolute atomic E-state index is 12.3. The van der Waals surface area contributed by atoms with Gasteiger partial charge in [0.2, 0.25) is 0 Å². The summed E-state index contributed by atoms with van der Waals surface area (Å²) in [6, 6.07) is 18.4. The molecular weight excluding hydrogens is 423 g/mol. The molecule has 0 saturated heterocycles. The first-order chi connectivity index (χ1) is 14.5. The predicted molar refractivity (Wildman–Crippen MR) is 117 cm³/mol. The summed E-state index contributed by atoms with van der Waals surface area (Å²) in [5, 5.41) is 26.3. The fraction of sp³-hybridized carbons (Fsp3) is 0.0870. The quantitative estimate of drug-likeness (QED) is 0.438. The average Bonchev–Trinajstić information content (AvgIpc) is 3.08. The van der Waals surface area contributed by atoms with Crippen molar-refractivity contribution in [2.45, 2.75) is 12.8 Å². The molecule has 1 aliphatic rings. The van der Waals surface area contributed by atoms with Crippen molar-refractivity contribution in [3.05, 3.63) is 76.7 Å². The fourth-order valence-corrected chi connectivity index (χ4v) is 3.94. The van der Waals surface area contributed by atoms with Gasteiger partial charge in [-0.25, -0.2) is 0 Å². The van der Waals surface area contributed by atoms with E-state index in [0.29, 0.717) is 22.1 Å². The number of phenolic OH excluding ortho intramolecular Hbond substituents is 1. The molecule has 8 heteroatoms. The third kappa shape index (κ3) is 5.57. The molecule has 0 saturated carbocycles.